The second-order valence-electron chi connectivity index (χ2n) is 7.64. The highest BCUT2D eigenvalue weighted by Gasteiger charge is 2.14. The summed E-state index contributed by atoms with van der Waals surface area (Å²) in [5.41, 5.74) is 3.81. The monoisotopic (exact) mass is 423 g/mol. The molecule has 5 nitrogen and oxygen atoms in total. The topological polar surface area (TPSA) is 54.2 Å². The van der Waals surface area contributed by atoms with E-state index in [4.69, 9.17) is 0 Å². The zero-order valence-corrected chi connectivity index (χ0v) is 18.4. The van der Waals surface area contributed by atoms with E-state index in [1.807, 2.05) is 18.5 Å². The normalized spacial score (nSPS) is 11.5. The molecule has 4 rings (SSSR count). The third kappa shape index (κ3) is 5.64. The minimum absolute atomic E-state index is 0.232. The molecule has 0 radical (unpaired) electrons. The minimum atomic E-state index is 0.232. The van der Waals surface area contributed by atoms with Crippen molar-refractivity contribution >= 4 is 5.96 Å². The first kappa shape index (κ1) is 21.4. The Morgan fingerprint density at radius 2 is 1.44 bits per heavy atom. The van der Waals surface area contributed by atoms with Gasteiger partial charge in [0.25, 0.3) is 0 Å². The minimum Gasteiger partial charge on any atom is -0.355 e. The summed E-state index contributed by atoms with van der Waals surface area (Å²) in [6, 6.07) is 31.6. The van der Waals surface area contributed by atoms with E-state index in [0.29, 0.717) is 6.54 Å². The van der Waals surface area contributed by atoms with Gasteiger partial charge in [0.15, 0.2) is 5.96 Å². The second-order valence-corrected chi connectivity index (χ2v) is 7.64. The first-order valence-electron chi connectivity index (χ1n) is 10.9. The van der Waals surface area contributed by atoms with Crippen LogP contribution in [0.5, 0.6) is 0 Å². The van der Waals surface area contributed by atoms with Crippen LogP contribution in [0.15, 0.2) is 108 Å². The maximum atomic E-state index is 4.53. The summed E-state index contributed by atoms with van der Waals surface area (Å²) in [5, 5.41) is 6.91. The van der Waals surface area contributed by atoms with Crippen molar-refractivity contribution in [2.24, 2.45) is 4.99 Å². The van der Waals surface area contributed by atoms with Gasteiger partial charge in [0.1, 0.15) is 5.82 Å². The summed E-state index contributed by atoms with van der Waals surface area (Å²) in [7, 11) is 1.80. The van der Waals surface area contributed by atoms with Crippen molar-refractivity contribution in [1.82, 2.24) is 20.2 Å². The first-order chi connectivity index (χ1) is 15.8. The van der Waals surface area contributed by atoms with E-state index in [0.717, 1.165) is 24.9 Å². The molecule has 0 saturated carbocycles. The van der Waals surface area contributed by atoms with Gasteiger partial charge < -0.3 is 15.2 Å². The lowest BCUT2D eigenvalue weighted by Crippen LogP contribution is -2.39. The van der Waals surface area contributed by atoms with Crippen LogP contribution < -0.4 is 10.6 Å². The highest BCUT2D eigenvalue weighted by molar-refractivity contribution is 5.79. The van der Waals surface area contributed by atoms with Crippen molar-refractivity contribution in [2.75, 3.05) is 13.6 Å². The molecular weight excluding hydrogens is 394 g/mol. The molecule has 1 aromatic heterocycles. The fraction of sp³-hybridized carbons (Fsp3) is 0.185. The van der Waals surface area contributed by atoms with E-state index in [1.165, 1.54) is 16.7 Å². The molecule has 0 fully saturated rings. The fourth-order valence-electron chi connectivity index (χ4n) is 3.81. The van der Waals surface area contributed by atoms with E-state index < -0.39 is 0 Å². The molecule has 32 heavy (non-hydrogen) atoms. The van der Waals surface area contributed by atoms with Crippen molar-refractivity contribution in [1.29, 1.82) is 0 Å². The summed E-state index contributed by atoms with van der Waals surface area (Å²) < 4.78 is 2.16. The van der Waals surface area contributed by atoms with E-state index in [1.54, 1.807) is 7.05 Å². The van der Waals surface area contributed by atoms with Gasteiger partial charge >= 0.3 is 0 Å². The summed E-state index contributed by atoms with van der Waals surface area (Å²) in [6.45, 7) is 2.14. The highest BCUT2D eigenvalue weighted by Crippen LogP contribution is 2.23. The zero-order valence-electron chi connectivity index (χ0n) is 18.4. The largest absolute Gasteiger partial charge is 0.355 e. The van der Waals surface area contributed by atoms with Gasteiger partial charge in [-0.15, -0.1) is 0 Å². The van der Waals surface area contributed by atoms with Crippen LogP contribution in [0.1, 0.15) is 28.4 Å². The van der Waals surface area contributed by atoms with Gasteiger partial charge in [-0.1, -0.05) is 91.0 Å². The number of guanidine groups is 1. The Kier molecular flexibility index (Phi) is 7.32. The van der Waals surface area contributed by atoms with E-state index in [2.05, 4.69) is 110 Å². The molecule has 162 valence electrons. The first-order valence-corrected chi connectivity index (χ1v) is 10.9. The summed E-state index contributed by atoms with van der Waals surface area (Å²) in [4.78, 5) is 8.94. The van der Waals surface area contributed by atoms with Gasteiger partial charge in [0, 0.05) is 38.4 Å². The predicted octanol–water partition coefficient (Wildman–Crippen LogP) is 4.43. The average molecular weight is 424 g/mol. The maximum Gasteiger partial charge on any atom is 0.191 e. The van der Waals surface area contributed by atoms with Crippen molar-refractivity contribution < 1.29 is 0 Å². The van der Waals surface area contributed by atoms with E-state index in [9.17, 15) is 0 Å². The zero-order chi connectivity index (χ0) is 22.0. The van der Waals surface area contributed by atoms with Crippen LogP contribution in [-0.4, -0.2) is 29.1 Å². The molecule has 0 amide bonds. The number of rotatable bonds is 8. The Hall–Kier alpha value is -3.86. The number of nitrogens with one attached hydrogen (secondary N) is 2. The molecule has 0 aliphatic carbocycles. The average Bonchev–Trinajstić information content (AvgIpc) is 3.30. The van der Waals surface area contributed by atoms with Crippen LogP contribution >= 0.6 is 0 Å². The SMILES string of the molecule is CN=C(NCc1nccn1Cc1ccccc1)NCC(c1ccccc1)c1ccccc1. The van der Waals surface area contributed by atoms with Gasteiger partial charge in [0.2, 0.25) is 0 Å². The number of nitrogens with zero attached hydrogens (tertiary/aromatic N) is 3. The molecular formula is C27H29N5. The number of imidazole rings is 1. The summed E-state index contributed by atoms with van der Waals surface area (Å²) >= 11 is 0. The predicted molar refractivity (Wildman–Crippen MR) is 131 cm³/mol. The maximum absolute atomic E-state index is 4.53. The second kappa shape index (κ2) is 11.0. The Morgan fingerprint density at radius 3 is 2.03 bits per heavy atom. The third-order valence-corrected chi connectivity index (χ3v) is 5.51. The Morgan fingerprint density at radius 1 is 0.844 bits per heavy atom. The summed E-state index contributed by atoms with van der Waals surface area (Å²) in [6.07, 6.45) is 3.86. The molecule has 3 aromatic carbocycles. The van der Waals surface area contributed by atoms with E-state index >= 15 is 0 Å². The Labute approximate surface area is 189 Å². The van der Waals surface area contributed by atoms with Crippen molar-refractivity contribution in [3.8, 4) is 0 Å². The number of hydrogen-bond acceptors (Lipinski definition) is 2. The van der Waals surface area contributed by atoms with Gasteiger partial charge in [0.05, 0.1) is 6.54 Å². The van der Waals surface area contributed by atoms with Crippen molar-refractivity contribution in [3.63, 3.8) is 0 Å². The Balaban J connectivity index is 1.39. The molecule has 1 heterocycles. The van der Waals surface area contributed by atoms with Gasteiger partial charge in [-0.2, -0.15) is 0 Å². The standard InChI is InChI=1S/C27H29N5/c1-28-27(31-20-26-29-17-18-32(26)21-22-11-5-2-6-12-22)30-19-25(23-13-7-3-8-14-23)24-15-9-4-10-16-24/h2-18,25H,19-21H2,1H3,(H2,28,30,31). The van der Waals surface area contributed by atoms with Crippen LogP contribution in [0.2, 0.25) is 0 Å². The molecule has 0 aliphatic rings. The number of aliphatic imine (C=N–C) groups is 1. The summed E-state index contributed by atoms with van der Waals surface area (Å²) in [5.74, 6) is 1.96. The number of aromatic nitrogens is 2. The molecule has 0 aliphatic heterocycles. The fourth-order valence-corrected chi connectivity index (χ4v) is 3.81. The van der Waals surface area contributed by atoms with Gasteiger partial charge in [-0.25, -0.2) is 4.98 Å². The van der Waals surface area contributed by atoms with Gasteiger partial charge in [-0.3, -0.25) is 4.99 Å². The van der Waals surface area contributed by atoms with E-state index in [-0.39, 0.29) is 5.92 Å². The molecule has 5 heteroatoms. The highest BCUT2D eigenvalue weighted by atomic mass is 15.2. The van der Waals surface area contributed by atoms with Crippen LogP contribution in [0, 0.1) is 0 Å². The lowest BCUT2D eigenvalue weighted by Gasteiger charge is -2.20. The van der Waals surface area contributed by atoms with Crippen LogP contribution in [0.4, 0.5) is 0 Å². The number of benzene rings is 3. The molecule has 0 unspecified atom stereocenters. The van der Waals surface area contributed by atoms with Crippen molar-refractivity contribution in [3.05, 3.63) is 126 Å². The molecule has 0 bridgehead atoms. The Bertz CT molecular complexity index is 1070. The lowest BCUT2D eigenvalue weighted by molar-refractivity contribution is 0.678. The van der Waals surface area contributed by atoms with Crippen molar-refractivity contribution in [2.45, 2.75) is 19.0 Å². The molecule has 0 saturated heterocycles. The third-order valence-electron chi connectivity index (χ3n) is 5.51. The molecule has 0 spiro atoms. The smallest absolute Gasteiger partial charge is 0.191 e. The van der Waals surface area contributed by atoms with Crippen LogP contribution in [0.3, 0.4) is 0 Å². The molecule has 2 N–H and O–H groups in total. The quantitative estimate of drug-likeness (QED) is 0.326. The van der Waals surface area contributed by atoms with Crippen LogP contribution in [0.25, 0.3) is 0 Å². The number of hydrogen-bond donors (Lipinski definition) is 2. The molecule has 4 aromatic rings. The van der Waals surface area contributed by atoms with Gasteiger partial charge in [-0.05, 0) is 16.7 Å². The molecule has 0 atom stereocenters. The lowest BCUT2D eigenvalue weighted by atomic mass is 9.91. The van der Waals surface area contributed by atoms with Crippen LogP contribution in [-0.2, 0) is 13.1 Å².